The van der Waals surface area contributed by atoms with Gasteiger partial charge in [-0.15, -0.1) is 0 Å². The Morgan fingerprint density at radius 3 is 2.23 bits per heavy atom. The van der Waals surface area contributed by atoms with Gasteiger partial charge in [0.05, 0.1) is 30.5 Å². The third-order valence-corrected chi connectivity index (χ3v) is 7.20. The van der Waals surface area contributed by atoms with E-state index in [4.69, 9.17) is 9.47 Å². The second kappa shape index (κ2) is 11.1. The maximum atomic E-state index is 13.5. The number of carbonyl (C=O) groups is 1. The van der Waals surface area contributed by atoms with Crippen LogP contribution in [0.1, 0.15) is 23.6 Å². The fourth-order valence-corrected chi connectivity index (χ4v) is 4.90. The lowest BCUT2D eigenvalue weighted by Crippen LogP contribution is -2.40. The summed E-state index contributed by atoms with van der Waals surface area (Å²) < 4.78 is 38.7. The van der Waals surface area contributed by atoms with Crippen molar-refractivity contribution in [1.82, 2.24) is 5.43 Å². The third-order valence-electron chi connectivity index (χ3n) is 5.43. The number of carbonyl (C=O) groups excluding carboxylic acids is 1. The maximum absolute atomic E-state index is 13.5. The van der Waals surface area contributed by atoms with Gasteiger partial charge in [0.2, 0.25) is 0 Å². The zero-order valence-corrected chi connectivity index (χ0v) is 21.2. The molecule has 0 aliphatic rings. The summed E-state index contributed by atoms with van der Waals surface area (Å²) in [6.07, 6.45) is 0. The zero-order chi connectivity index (χ0) is 25.6. The standard InChI is InChI=1S/C26H29N3O5S/c1-18-10-13-22(14-11-18)35(31,32)29(23-9-7-6-8-19(23)2)17-26(30)28-27-20(3)21-12-15-24(33-4)25(16-21)34-5/h6-16H,17H2,1-5H3,(H,28,30)/b27-20-. The van der Waals surface area contributed by atoms with Gasteiger partial charge in [0, 0.05) is 5.56 Å². The van der Waals surface area contributed by atoms with Crippen LogP contribution in [-0.2, 0) is 14.8 Å². The highest BCUT2D eigenvalue weighted by Gasteiger charge is 2.28. The molecule has 3 rings (SSSR count). The van der Waals surface area contributed by atoms with E-state index in [1.54, 1.807) is 69.5 Å². The highest BCUT2D eigenvalue weighted by molar-refractivity contribution is 7.92. The Balaban J connectivity index is 1.87. The van der Waals surface area contributed by atoms with Crippen molar-refractivity contribution in [3.63, 3.8) is 0 Å². The van der Waals surface area contributed by atoms with Crippen molar-refractivity contribution in [1.29, 1.82) is 0 Å². The molecule has 0 fully saturated rings. The number of hydrazone groups is 1. The van der Waals surface area contributed by atoms with E-state index in [0.29, 0.717) is 28.5 Å². The average Bonchev–Trinajstić information content (AvgIpc) is 2.86. The third kappa shape index (κ3) is 5.99. The quantitative estimate of drug-likeness (QED) is 0.357. The molecule has 3 aromatic carbocycles. The SMILES string of the molecule is COc1ccc(/C(C)=N\NC(=O)CN(c2ccccc2C)S(=O)(=O)c2ccc(C)cc2)cc1OC. The number of methoxy groups -OCH3 is 2. The second-order valence-corrected chi connectivity index (χ2v) is 9.78. The van der Waals surface area contributed by atoms with Gasteiger partial charge in [0.15, 0.2) is 11.5 Å². The van der Waals surface area contributed by atoms with E-state index in [-0.39, 0.29) is 4.90 Å². The molecule has 9 heteroatoms. The van der Waals surface area contributed by atoms with Crippen molar-refractivity contribution < 1.29 is 22.7 Å². The number of hydrogen-bond acceptors (Lipinski definition) is 6. The molecular formula is C26H29N3O5S. The molecule has 0 spiro atoms. The van der Waals surface area contributed by atoms with Crippen LogP contribution < -0.4 is 19.2 Å². The number of nitrogens with one attached hydrogen (secondary N) is 1. The number of rotatable bonds is 9. The molecule has 1 N–H and O–H groups in total. The molecule has 0 aromatic heterocycles. The van der Waals surface area contributed by atoms with Gasteiger partial charge in [-0.2, -0.15) is 5.10 Å². The van der Waals surface area contributed by atoms with E-state index in [2.05, 4.69) is 10.5 Å². The zero-order valence-electron chi connectivity index (χ0n) is 20.4. The van der Waals surface area contributed by atoms with Gasteiger partial charge in [-0.25, -0.2) is 13.8 Å². The van der Waals surface area contributed by atoms with Gasteiger partial charge < -0.3 is 9.47 Å². The van der Waals surface area contributed by atoms with Crippen LogP contribution in [0, 0.1) is 13.8 Å². The van der Waals surface area contributed by atoms with Gasteiger partial charge in [-0.3, -0.25) is 9.10 Å². The fourth-order valence-electron chi connectivity index (χ4n) is 3.42. The monoisotopic (exact) mass is 495 g/mol. The highest BCUT2D eigenvalue weighted by Crippen LogP contribution is 2.28. The Bertz CT molecular complexity index is 1340. The lowest BCUT2D eigenvalue weighted by Gasteiger charge is -2.25. The van der Waals surface area contributed by atoms with Crippen molar-refractivity contribution in [2.24, 2.45) is 5.10 Å². The molecule has 1 amide bonds. The Morgan fingerprint density at radius 1 is 0.943 bits per heavy atom. The van der Waals surface area contributed by atoms with E-state index in [1.165, 1.54) is 19.2 Å². The minimum absolute atomic E-state index is 0.101. The summed E-state index contributed by atoms with van der Waals surface area (Å²) in [4.78, 5) is 13.0. The van der Waals surface area contributed by atoms with Crippen LogP contribution in [0.2, 0.25) is 0 Å². The van der Waals surface area contributed by atoms with E-state index in [0.717, 1.165) is 15.4 Å². The molecule has 3 aromatic rings. The van der Waals surface area contributed by atoms with Crippen molar-refractivity contribution in [3.8, 4) is 11.5 Å². The van der Waals surface area contributed by atoms with Gasteiger partial charge in [0.1, 0.15) is 6.54 Å². The molecular weight excluding hydrogens is 466 g/mol. The molecule has 0 unspecified atom stereocenters. The first-order chi connectivity index (χ1) is 16.7. The van der Waals surface area contributed by atoms with Crippen LogP contribution in [0.15, 0.2) is 76.7 Å². The summed E-state index contributed by atoms with van der Waals surface area (Å²) in [6.45, 7) is 4.96. The van der Waals surface area contributed by atoms with E-state index < -0.39 is 22.5 Å². The summed E-state index contributed by atoms with van der Waals surface area (Å²) in [5.41, 5.74) is 5.78. The van der Waals surface area contributed by atoms with Crippen LogP contribution in [0.3, 0.4) is 0 Å². The molecule has 0 heterocycles. The van der Waals surface area contributed by atoms with Crippen LogP contribution in [0.4, 0.5) is 5.69 Å². The normalized spacial score (nSPS) is 11.6. The number of hydrogen-bond donors (Lipinski definition) is 1. The van der Waals surface area contributed by atoms with E-state index >= 15 is 0 Å². The minimum atomic E-state index is -4.00. The highest BCUT2D eigenvalue weighted by atomic mass is 32.2. The number of ether oxygens (including phenoxy) is 2. The first-order valence-corrected chi connectivity index (χ1v) is 12.3. The summed E-state index contributed by atoms with van der Waals surface area (Å²) in [5, 5.41) is 4.16. The average molecular weight is 496 g/mol. The van der Waals surface area contributed by atoms with Crippen molar-refractivity contribution in [2.45, 2.75) is 25.7 Å². The van der Waals surface area contributed by atoms with E-state index in [9.17, 15) is 13.2 Å². The summed E-state index contributed by atoms with van der Waals surface area (Å²) >= 11 is 0. The number of benzene rings is 3. The molecule has 0 radical (unpaired) electrons. The van der Waals surface area contributed by atoms with Gasteiger partial charge in [-0.05, 0) is 62.7 Å². The first-order valence-electron chi connectivity index (χ1n) is 10.9. The molecule has 0 aliphatic heterocycles. The molecule has 8 nitrogen and oxygen atoms in total. The topological polar surface area (TPSA) is 97.3 Å². The number of sulfonamides is 1. The molecule has 0 aliphatic carbocycles. The van der Waals surface area contributed by atoms with Gasteiger partial charge in [0.25, 0.3) is 15.9 Å². The fraction of sp³-hybridized carbons (Fsp3) is 0.231. The molecule has 0 atom stereocenters. The number of nitrogens with zero attached hydrogens (tertiary/aromatic N) is 2. The largest absolute Gasteiger partial charge is 0.493 e. The molecule has 184 valence electrons. The molecule has 0 saturated carbocycles. The number of amides is 1. The number of anilines is 1. The Kier molecular flexibility index (Phi) is 8.14. The second-order valence-electron chi connectivity index (χ2n) is 7.91. The summed E-state index contributed by atoms with van der Waals surface area (Å²) in [6, 6.07) is 18.8. The van der Waals surface area contributed by atoms with Crippen molar-refractivity contribution in [3.05, 3.63) is 83.4 Å². The van der Waals surface area contributed by atoms with Crippen molar-refractivity contribution >= 4 is 27.3 Å². The minimum Gasteiger partial charge on any atom is -0.493 e. The lowest BCUT2D eigenvalue weighted by atomic mass is 10.1. The number of aryl methyl sites for hydroxylation is 2. The molecule has 0 saturated heterocycles. The van der Waals surface area contributed by atoms with Gasteiger partial charge in [-0.1, -0.05) is 35.9 Å². The number of para-hydroxylation sites is 1. The van der Waals surface area contributed by atoms with Crippen LogP contribution >= 0.6 is 0 Å². The summed E-state index contributed by atoms with van der Waals surface area (Å²) in [5.74, 6) is 0.521. The molecule has 0 bridgehead atoms. The van der Waals surface area contributed by atoms with Crippen LogP contribution in [0.5, 0.6) is 11.5 Å². The van der Waals surface area contributed by atoms with Crippen LogP contribution in [0.25, 0.3) is 0 Å². The smallest absolute Gasteiger partial charge is 0.264 e. The van der Waals surface area contributed by atoms with Crippen molar-refractivity contribution in [2.75, 3.05) is 25.1 Å². The van der Waals surface area contributed by atoms with Crippen LogP contribution in [-0.4, -0.2) is 40.8 Å². The first kappa shape index (κ1) is 25.8. The predicted octanol–water partition coefficient (Wildman–Crippen LogP) is 4.06. The predicted molar refractivity (Wildman–Crippen MR) is 137 cm³/mol. The summed E-state index contributed by atoms with van der Waals surface area (Å²) in [7, 11) is -0.925. The molecule has 35 heavy (non-hydrogen) atoms. The maximum Gasteiger partial charge on any atom is 0.264 e. The van der Waals surface area contributed by atoms with Gasteiger partial charge >= 0.3 is 0 Å². The Labute approximate surface area is 206 Å². The van der Waals surface area contributed by atoms with E-state index in [1.807, 2.05) is 13.0 Å². The Morgan fingerprint density at radius 2 is 1.60 bits per heavy atom. The lowest BCUT2D eigenvalue weighted by molar-refractivity contribution is -0.119. The Hall–Kier alpha value is -3.85.